The average Bonchev–Trinajstić information content (AvgIpc) is 2.35. The van der Waals surface area contributed by atoms with Crippen LogP contribution in [-0.4, -0.2) is 11.3 Å². The van der Waals surface area contributed by atoms with Gasteiger partial charge < -0.3 is 10.2 Å². The molecule has 0 unspecified atom stereocenters. The van der Waals surface area contributed by atoms with Gasteiger partial charge in [0.15, 0.2) is 0 Å². The number of benzene rings is 1. The van der Waals surface area contributed by atoms with Crippen LogP contribution in [0.2, 0.25) is 0 Å². The van der Waals surface area contributed by atoms with E-state index in [4.69, 9.17) is 5.84 Å². The van der Waals surface area contributed by atoms with Crippen molar-refractivity contribution in [2.45, 2.75) is 33.1 Å². The third kappa shape index (κ3) is 3.18. The van der Waals surface area contributed by atoms with Crippen LogP contribution in [0.4, 0.5) is 18.9 Å². The first-order chi connectivity index (χ1) is 9.73. The van der Waals surface area contributed by atoms with Crippen molar-refractivity contribution >= 4 is 16.6 Å². The van der Waals surface area contributed by atoms with E-state index in [1.54, 1.807) is 0 Å². The number of hydrogen-bond acceptors (Lipinski definition) is 4. The van der Waals surface area contributed by atoms with Crippen LogP contribution in [0.3, 0.4) is 0 Å². The molecule has 0 radical (unpaired) electrons. The fraction of sp³-hybridized carbons (Fsp3) is 0.357. The summed E-state index contributed by atoms with van der Waals surface area (Å²) in [6, 6.07) is 4.00. The molecule has 21 heavy (non-hydrogen) atoms. The molecule has 0 spiro atoms. The zero-order valence-electron chi connectivity index (χ0n) is 11.9. The van der Waals surface area contributed by atoms with Crippen molar-refractivity contribution in [3.05, 3.63) is 29.5 Å². The molecule has 0 atom stereocenters. The summed E-state index contributed by atoms with van der Waals surface area (Å²) in [7, 11) is 0. The lowest BCUT2D eigenvalue weighted by Gasteiger charge is -2.18. The monoisotopic (exact) mass is 299 g/mol. The summed E-state index contributed by atoms with van der Waals surface area (Å²) in [6.45, 7) is 5.77. The van der Waals surface area contributed by atoms with E-state index < -0.39 is 6.36 Å². The minimum atomic E-state index is -4.73. The maximum atomic E-state index is 12.3. The Balaban J connectivity index is 2.67. The van der Waals surface area contributed by atoms with Crippen molar-refractivity contribution in [2.75, 3.05) is 5.43 Å². The zero-order chi connectivity index (χ0) is 15.8. The summed E-state index contributed by atoms with van der Waals surface area (Å²) < 4.78 is 40.9. The third-order valence-corrected chi connectivity index (χ3v) is 3.14. The molecule has 0 amide bonds. The van der Waals surface area contributed by atoms with Gasteiger partial charge in [-0.1, -0.05) is 13.8 Å². The van der Waals surface area contributed by atoms with Gasteiger partial charge in [-0.2, -0.15) is 0 Å². The molecule has 114 valence electrons. The van der Waals surface area contributed by atoms with Crippen molar-refractivity contribution in [3.8, 4) is 5.75 Å². The number of aromatic nitrogens is 1. The molecule has 0 aliphatic carbocycles. The number of ether oxygens (including phenoxy) is 1. The van der Waals surface area contributed by atoms with Crippen molar-refractivity contribution in [1.82, 2.24) is 4.98 Å². The summed E-state index contributed by atoms with van der Waals surface area (Å²) in [5, 5.41) is 0.494. The number of nitrogens with one attached hydrogen (secondary N) is 1. The summed E-state index contributed by atoms with van der Waals surface area (Å²) >= 11 is 0. The highest BCUT2D eigenvalue weighted by atomic mass is 19.4. The Morgan fingerprint density at radius 2 is 1.95 bits per heavy atom. The van der Waals surface area contributed by atoms with Gasteiger partial charge >= 0.3 is 6.36 Å². The Bertz CT molecular complexity index is 669. The van der Waals surface area contributed by atoms with E-state index in [1.807, 2.05) is 20.8 Å². The van der Waals surface area contributed by atoms with Gasteiger partial charge in [0.25, 0.3) is 0 Å². The van der Waals surface area contributed by atoms with Gasteiger partial charge in [-0.05, 0) is 31.0 Å². The topological polar surface area (TPSA) is 60.2 Å². The molecule has 0 fully saturated rings. The molecule has 0 bridgehead atoms. The van der Waals surface area contributed by atoms with Gasteiger partial charge in [0.1, 0.15) is 5.75 Å². The highest BCUT2D eigenvalue weighted by Gasteiger charge is 2.31. The Labute approximate surface area is 120 Å². The lowest BCUT2D eigenvalue weighted by atomic mass is 9.97. The molecule has 0 aliphatic rings. The standard InChI is InChI=1S/C14H16F3N3O/c1-7(2)12-8(3)19-11-5-4-9(21-14(15,16)17)6-10(11)13(12)20-18/h4-7H,18H2,1-3H3,(H,19,20). The highest BCUT2D eigenvalue weighted by molar-refractivity contribution is 5.94. The summed E-state index contributed by atoms with van der Waals surface area (Å²) in [5.41, 5.74) is 5.36. The molecule has 4 nitrogen and oxygen atoms in total. The first-order valence-corrected chi connectivity index (χ1v) is 6.39. The molecule has 2 rings (SSSR count). The Hall–Kier alpha value is -2.02. The number of alkyl halides is 3. The second-order valence-corrected chi connectivity index (χ2v) is 5.01. The van der Waals surface area contributed by atoms with E-state index in [0.29, 0.717) is 16.6 Å². The lowest BCUT2D eigenvalue weighted by Crippen LogP contribution is -2.17. The Kier molecular flexibility index (Phi) is 3.95. The number of fused-ring (bicyclic) bond motifs is 1. The summed E-state index contributed by atoms with van der Waals surface area (Å²) in [5.74, 6) is 5.39. The van der Waals surface area contributed by atoms with E-state index in [9.17, 15) is 13.2 Å². The number of hydrogen-bond donors (Lipinski definition) is 2. The maximum absolute atomic E-state index is 12.3. The number of nitrogens with zero attached hydrogens (tertiary/aromatic N) is 1. The molecule has 1 aromatic carbocycles. The van der Waals surface area contributed by atoms with Crippen LogP contribution in [-0.2, 0) is 0 Å². The number of rotatable bonds is 3. The number of anilines is 1. The summed E-state index contributed by atoms with van der Waals surface area (Å²) in [6.07, 6.45) is -4.73. The number of pyridine rings is 1. The maximum Gasteiger partial charge on any atom is 0.573 e. The molecule has 2 aromatic rings. The lowest BCUT2D eigenvalue weighted by molar-refractivity contribution is -0.274. The second kappa shape index (κ2) is 5.40. The van der Waals surface area contributed by atoms with Crippen molar-refractivity contribution in [3.63, 3.8) is 0 Å². The Morgan fingerprint density at radius 3 is 2.48 bits per heavy atom. The summed E-state index contributed by atoms with van der Waals surface area (Å²) in [4.78, 5) is 4.41. The molecular weight excluding hydrogens is 283 g/mol. The van der Waals surface area contributed by atoms with E-state index >= 15 is 0 Å². The number of nitrogens with two attached hydrogens (primary N) is 1. The highest BCUT2D eigenvalue weighted by Crippen LogP contribution is 2.35. The third-order valence-electron chi connectivity index (χ3n) is 3.14. The minimum Gasteiger partial charge on any atom is -0.406 e. The second-order valence-electron chi connectivity index (χ2n) is 5.01. The number of nitrogen functional groups attached to an aromatic ring is 1. The van der Waals surface area contributed by atoms with E-state index in [-0.39, 0.29) is 11.7 Å². The molecule has 7 heteroatoms. The van der Waals surface area contributed by atoms with E-state index in [0.717, 1.165) is 11.3 Å². The molecule has 0 saturated carbocycles. The van der Waals surface area contributed by atoms with Gasteiger partial charge in [0.05, 0.1) is 11.2 Å². The van der Waals surface area contributed by atoms with Crippen molar-refractivity contribution in [2.24, 2.45) is 5.84 Å². The molecule has 3 N–H and O–H groups in total. The van der Waals surface area contributed by atoms with Crippen LogP contribution in [0.25, 0.3) is 10.9 Å². The Morgan fingerprint density at radius 1 is 1.29 bits per heavy atom. The van der Waals surface area contributed by atoms with Gasteiger partial charge in [0, 0.05) is 16.6 Å². The number of aryl methyl sites for hydroxylation is 1. The van der Waals surface area contributed by atoms with Crippen molar-refractivity contribution < 1.29 is 17.9 Å². The van der Waals surface area contributed by atoms with Crippen LogP contribution < -0.4 is 16.0 Å². The van der Waals surface area contributed by atoms with Gasteiger partial charge in [-0.3, -0.25) is 10.8 Å². The van der Waals surface area contributed by atoms with Gasteiger partial charge in [-0.25, -0.2) is 0 Å². The first kappa shape index (κ1) is 15.4. The fourth-order valence-corrected chi connectivity index (χ4v) is 2.44. The van der Waals surface area contributed by atoms with Crippen LogP contribution >= 0.6 is 0 Å². The van der Waals surface area contributed by atoms with Crippen LogP contribution in [0.5, 0.6) is 5.75 Å². The van der Waals surface area contributed by atoms with Gasteiger partial charge in [-0.15, -0.1) is 13.2 Å². The molecule has 1 aromatic heterocycles. The van der Waals surface area contributed by atoms with Gasteiger partial charge in [0.2, 0.25) is 0 Å². The minimum absolute atomic E-state index is 0.125. The van der Waals surface area contributed by atoms with Crippen LogP contribution in [0.15, 0.2) is 18.2 Å². The molecule has 1 heterocycles. The number of halogens is 3. The van der Waals surface area contributed by atoms with E-state index in [2.05, 4.69) is 15.1 Å². The predicted octanol–water partition coefficient (Wildman–Crippen LogP) is 3.85. The molecular formula is C14H16F3N3O. The molecule has 0 aliphatic heterocycles. The molecule has 0 saturated heterocycles. The average molecular weight is 299 g/mol. The van der Waals surface area contributed by atoms with E-state index in [1.165, 1.54) is 18.2 Å². The quantitative estimate of drug-likeness (QED) is 0.667. The first-order valence-electron chi connectivity index (χ1n) is 6.39. The SMILES string of the molecule is Cc1nc2ccc(OC(F)(F)F)cc2c(NN)c1C(C)C. The number of hydrazine groups is 1. The van der Waals surface area contributed by atoms with Crippen molar-refractivity contribution in [1.29, 1.82) is 0 Å². The zero-order valence-corrected chi connectivity index (χ0v) is 11.9. The largest absolute Gasteiger partial charge is 0.573 e. The smallest absolute Gasteiger partial charge is 0.406 e. The van der Waals surface area contributed by atoms with Crippen LogP contribution in [0, 0.1) is 6.92 Å². The predicted molar refractivity (Wildman–Crippen MR) is 75.1 cm³/mol. The fourth-order valence-electron chi connectivity index (χ4n) is 2.44. The van der Waals surface area contributed by atoms with Crippen LogP contribution in [0.1, 0.15) is 31.0 Å². The normalized spacial score (nSPS) is 12.0.